The Labute approximate surface area is 117 Å². The molecule has 4 nitrogen and oxygen atoms in total. The molecule has 1 heterocycles. The van der Waals surface area contributed by atoms with Crippen LogP contribution in [0.15, 0.2) is 36.4 Å². The van der Waals surface area contributed by atoms with Gasteiger partial charge in [-0.25, -0.2) is 9.78 Å². The molecule has 2 aromatic rings. The van der Waals surface area contributed by atoms with E-state index >= 15 is 0 Å². The number of carboxylic acids is 1. The third-order valence-electron chi connectivity index (χ3n) is 3.39. The fourth-order valence-corrected chi connectivity index (χ4v) is 2.05. The smallest absolute Gasteiger partial charge is 0.339 e. The Bertz CT molecular complexity index is 646. The average molecular weight is 268 g/mol. The maximum absolute atomic E-state index is 11.2. The van der Waals surface area contributed by atoms with Crippen molar-refractivity contribution in [2.45, 2.75) is 25.8 Å². The molecule has 0 saturated heterocycles. The molecule has 0 atom stereocenters. The van der Waals surface area contributed by atoms with Crippen LogP contribution in [0.1, 0.15) is 28.8 Å². The van der Waals surface area contributed by atoms with Crippen molar-refractivity contribution in [1.82, 2.24) is 4.98 Å². The van der Waals surface area contributed by atoms with Crippen LogP contribution in [0.2, 0.25) is 0 Å². The average Bonchev–Trinajstić information content (AvgIpc) is 3.23. The van der Waals surface area contributed by atoms with Gasteiger partial charge in [-0.1, -0.05) is 29.8 Å². The molecule has 1 saturated carbocycles. The highest BCUT2D eigenvalue weighted by atomic mass is 16.4. The van der Waals surface area contributed by atoms with Gasteiger partial charge >= 0.3 is 5.97 Å². The summed E-state index contributed by atoms with van der Waals surface area (Å²) in [6.45, 7) is 2.03. The molecule has 0 radical (unpaired) electrons. The molecule has 2 N–H and O–H groups in total. The van der Waals surface area contributed by atoms with Crippen molar-refractivity contribution < 1.29 is 9.90 Å². The Balaban J connectivity index is 1.99. The number of anilines is 1. The summed E-state index contributed by atoms with van der Waals surface area (Å²) >= 11 is 0. The lowest BCUT2D eigenvalue weighted by Crippen LogP contribution is -2.10. The summed E-state index contributed by atoms with van der Waals surface area (Å²) in [4.78, 5) is 15.7. The molecule has 1 aromatic heterocycles. The molecule has 102 valence electrons. The van der Waals surface area contributed by atoms with Gasteiger partial charge in [0.15, 0.2) is 0 Å². The Morgan fingerprint density at radius 1 is 1.20 bits per heavy atom. The number of pyridine rings is 1. The zero-order valence-electron chi connectivity index (χ0n) is 11.3. The maximum Gasteiger partial charge on any atom is 0.339 e. The van der Waals surface area contributed by atoms with Gasteiger partial charge in [0.25, 0.3) is 0 Å². The first-order valence-electron chi connectivity index (χ1n) is 6.71. The molecule has 0 amide bonds. The number of aryl methyl sites for hydroxylation is 1. The van der Waals surface area contributed by atoms with Crippen molar-refractivity contribution in [3.05, 3.63) is 47.5 Å². The molecular weight excluding hydrogens is 252 g/mol. The van der Waals surface area contributed by atoms with Gasteiger partial charge in [0.05, 0.1) is 5.69 Å². The van der Waals surface area contributed by atoms with Crippen molar-refractivity contribution in [1.29, 1.82) is 0 Å². The fraction of sp³-hybridized carbons (Fsp3) is 0.250. The number of hydrogen-bond acceptors (Lipinski definition) is 3. The third kappa shape index (κ3) is 2.64. The van der Waals surface area contributed by atoms with Crippen molar-refractivity contribution in [3.8, 4) is 11.3 Å². The lowest BCUT2D eigenvalue weighted by atomic mass is 10.1. The number of carbonyl (C=O) groups is 1. The maximum atomic E-state index is 11.2. The van der Waals surface area contributed by atoms with Crippen molar-refractivity contribution in [3.63, 3.8) is 0 Å². The topological polar surface area (TPSA) is 62.2 Å². The van der Waals surface area contributed by atoms with Crippen LogP contribution in [0.25, 0.3) is 11.3 Å². The Morgan fingerprint density at radius 3 is 2.50 bits per heavy atom. The summed E-state index contributed by atoms with van der Waals surface area (Å²) in [7, 11) is 0. The molecule has 20 heavy (non-hydrogen) atoms. The summed E-state index contributed by atoms with van der Waals surface area (Å²) in [5.74, 6) is -0.478. The Morgan fingerprint density at radius 2 is 1.90 bits per heavy atom. The minimum absolute atomic E-state index is 0.229. The van der Waals surface area contributed by atoms with E-state index in [1.807, 2.05) is 31.2 Å². The van der Waals surface area contributed by atoms with Crippen LogP contribution in [0.4, 0.5) is 5.82 Å². The highest BCUT2D eigenvalue weighted by Crippen LogP contribution is 2.28. The van der Waals surface area contributed by atoms with E-state index < -0.39 is 5.97 Å². The molecule has 1 fully saturated rings. The highest BCUT2D eigenvalue weighted by molar-refractivity contribution is 5.93. The van der Waals surface area contributed by atoms with E-state index in [1.54, 1.807) is 12.1 Å². The molecule has 0 spiro atoms. The van der Waals surface area contributed by atoms with Crippen molar-refractivity contribution in [2.75, 3.05) is 5.32 Å². The molecule has 1 aliphatic rings. The van der Waals surface area contributed by atoms with Gasteiger partial charge in [0.2, 0.25) is 0 Å². The predicted molar refractivity (Wildman–Crippen MR) is 78.0 cm³/mol. The minimum atomic E-state index is -0.948. The largest absolute Gasteiger partial charge is 0.478 e. The molecule has 1 aliphatic carbocycles. The summed E-state index contributed by atoms with van der Waals surface area (Å²) < 4.78 is 0. The quantitative estimate of drug-likeness (QED) is 0.892. The molecule has 3 rings (SSSR count). The van der Waals surface area contributed by atoms with Crippen LogP contribution in [-0.2, 0) is 0 Å². The van der Waals surface area contributed by atoms with Gasteiger partial charge in [0.1, 0.15) is 11.4 Å². The normalized spacial score (nSPS) is 14.1. The van der Waals surface area contributed by atoms with E-state index in [9.17, 15) is 9.90 Å². The number of nitrogens with zero attached hydrogens (tertiary/aromatic N) is 1. The molecular formula is C16H16N2O2. The minimum Gasteiger partial charge on any atom is -0.478 e. The molecule has 4 heteroatoms. The summed E-state index contributed by atoms with van der Waals surface area (Å²) in [5, 5.41) is 12.4. The summed E-state index contributed by atoms with van der Waals surface area (Å²) in [6, 6.07) is 11.8. The number of benzene rings is 1. The van der Waals surface area contributed by atoms with Gasteiger partial charge in [-0.3, -0.25) is 0 Å². The van der Waals surface area contributed by atoms with Crippen LogP contribution in [0.3, 0.4) is 0 Å². The monoisotopic (exact) mass is 268 g/mol. The second-order valence-electron chi connectivity index (χ2n) is 5.18. The second-order valence-corrected chi connectivity index (χ2v) is 5.18. The molecule has 0 unspecified atom stereocenters. The van der Waals surface area contributed by atoms with Crippen LogP contribution in [-0.4, -0.2) is 22.1 Å². The standard InChI is InChI=1S/C16H16N2O2/c1-10-2-4-11(5-3-10)14-9-8-13(16(19)20)15(18-14)17-12-6-7-12/h2-5,8-9,12H,6-7H2,1H3,(H,17,18)(H,19,20). The van der Waals surface area contributed by atoms with E-state index in [1.165, 1.54) is 5.56 Å². The number of rotatable bonds is 4. The van der Waals surface area contributed by atoms with E-state index in [0.717, 1.165) is 24.1 Å². The Kier molecular flexibility index (Phi) is 3.14. The van der Waals surface area contributed by atoms with E-state index in [4.69, 9.17) is 0 Å². The van der Waals surface area contributed by atoms with E-state index in [0.29, 0.717) is 11.9 Å². The van der Waals surface area contributed by atoms with Crippen molar-refractivity contribution >= 4 is 11.8 Å². The van der Waals surface area contributed by atoms with E-state index in [2.05, 4.69) is 10.3 Å². The third-order valence-corrected chi connectivity index (χ3v) is 3.39. The first-order chi connectivity index (χ1) is 9.63. The van der Waals surface area contributed by atoms with Gasteiger partial charge < -0.3 is 10.4 Å². The van der Waals surface area contributed by atoms with Gasteiger partial charge in [-0.2, -0.15) is 0 Å². The van der Waals surface area contributed by atoms with Crippen LogP contribution in [0.5, 0.6) is 0 Å². The number of hydrogen-bond donors (Lipinski definition) is 2. The Hall–Kier alpha value is -2.36. The lowest BCUT2D eigenvalue weighted by Gasteiger charge is -2.10. The highest BCUT2D eigenvalue weighted by Gasteiger charge is 2.24. The summed E-state index contributed by atoms with van der Waals surface area (Å²) in [6.07, 6.45) is 2.16. The zero-order chi connectivity index (χ0) is 14.1. The van der Waals surface area contributed by atoms with Gasteiger partial charge in [-0.05, 0) is 31.9 Å². The number of aromatic nitrogens is 1. The first kappa shape index (κ1) is 12.7. The summed E-state index contributed by atoms with van der Waals surface area (Å²) in [5.41, 5.74) is 3.20. The second kappa shape index (κ2) is 4.96. The molecule has 0 aliphatic heterocycles. The zero-order valence-corrected chi connectivity index (χ0v) is 11.3. The molecule has 1 aromatic carbocycles. The first-order valence-corrected chi connectivity index (χ1v) is 6.71. The predicted octanol–water partition coefficient (Wildman–Crippen LogP) is 3.33. The SMILES string of the molecule is Cc1ccc(-c2ccc(C(=O)O)c(NC3CC3)n2)cc1. The van der Waals surface area contributed by atoms with Gasteiger partial charge in [-0.15, -0.1) is 0 Å². The van der Waals surface area contributed by atoms with Crippen molar-refractivity contribution in [2.24, 2.45) is 0 Å². The number of nitrogens with one attached hydrogen (secondary N) is 1. The fourth-order valence-electron chi connectivity index (χ4n) is 2.05. The van der Waals surface area contributed by atoms with E-state index in [-0.39, 0.29) is 5.56 Å². The lowest BCUT2D eigenvalue weighted by molar-refractivity contribution is 0.0697. The number of aromatic carboxylic acids is 1. The number of carboxylic acid groups (broad SMARTS) is 1. The molecule has 0 bridgehead atoms. The van der Waals surface area contributed by atoms with Crippen LogP contribution < -0.4 is 5.32 Å². The van der Waals surface area contributed by atoms with Crippen LogP contribution >= 0.6 is 0 Å². The van der Waals surface area contributed by atoms with Crippen LogP contribution in [0, 0.1) is 6.92 Å². The van der Waals surface area contributed by atoms with Gasteiger partial charge in [0, 0.05) is 11.6 Å².